The zero-order valence-electron chi connectivity index (χ0n) is 12.0. The SMILES string of the molecule is Cc1ccccc1S(=O)(=O)Cc1ncn(-c2ccccc2)n1. The molecule has 22 heavy (non-hydrogen) atoms. The Hall–Kier alpha value is -2.47. The molecule has 0 N–H and O–H groups in total. The van der Waals surface area contributed by atoms with Crippen LogP contribution in [-0.2, 0) is 15.6 Å². The van der Waals surface area contributed by atoms with Crippen LogP contribution in [0.25, 0.3) is 5.69 Å². The van der Waals surface area contributed by atoms with Gasteiger partial charge in [-0.25, -0.2) is 18.1 Å². The third kappa shape index (κ3) is 2.92. The van der Waals surface area contributed by atoms with E-state index in [1.807, 2.05) is 36.4 Å². The molecule has 0 aliphatic carbocycles. The van der Waals surface area contributed by atoms with Gasteiger partial charge in [-0.3, -0.25) is 0 Å². The number of nitrogens with zero attached hydrogens (tertiary/aromatic N) is 3. The highest BCUT2D eigenvalue weighted by atomic mass is 32.2. The summed E-state index contributed by atoms with van der Waals surface area (Å²) >= 11 is 0. The summed E-state index contributed by atoms with van der Waals surface area (Å²) in [5.74, 6) is 0.0737. The van der Waals surface area contributed by atoms with E-state index in [0.717, 1.165) is 11.3 Å². The van der Waals surface area contributed by atoms with Gasteiger partial charge in [0.05, 0.1) is 10.6 Å². The van der Waals surface area contributed by atoms with Crippen molar-refractivity contribution in [3.05, 3.63) is 72.3 Å². The number of benzene rings is 2. The molecule has 0 aliphatic rings. The van der Waals surface area contributed by atoms with Crippen molar-refractivity contribution in [1.29, 1.82) is 0 Å². The van der Waals surface area contributed by atoms with E-state index in [1.165, 1.54) is 6.33 Å². The summed E-state index contributed by atoms with van der Waals surface area (Å²) in [6.45, 7) is 1.78. The molecule has 2 aromatic carbocycles. The van der Waals surface area contributed by atoms with Crippen LogP contribution in [0.4, 0.5) is 0 Å². The lowest BCUT2D eigenvalue weighted by Crippen LogP contribution is -2.08. The fraction of sp³-hybridized carbons (Fsp3) is 0.125. The zero-order chi connectivity index (χ0) is 15.6. The first kappa shape index (κ1) is 14.5. The van der Waals surface area contributed by atoms with Gasteiger partial charge in [-0.05, 0) is 30.7 Å². The smallest absolute Gasteiger partial charge is 0.186 e. The Balaban J connectivity index is 1.88. The largest absolute Gasteiger partial charge is 0.223 e. The fourth-order valence-electron chi connectivity index (χ4n) is 2.22. The molecule has 3 rings (SSSR count). The van der Waals surface area contributed by atoms with Gasteiger partial charge in [-0.1, -0.05) is 36.4 Å². The highest BCUT2D eigenvalue weighted by Gasteiger charge is 2.19. The van der Waals surface area contributed by atoms with Crippen molar-refractivity contribution in [2.24, 2.45) is 0 Å². The first-order valence-corrected chi connectivity index (χ1v) is 8.46. The second kappa shape index (κ2) is 5.73. The van der Waals surface area contributed by atoms with E-state index in [-0.39, 0.29) is 11.6 Å². The lowest BCUT2D eigenvalue weighted by molar-refractivity contribution is 0.593. The van der Waals surface area contributed by atoms with Crippen LogP contribution in [0.2, 0.25) is 0 Å². The quantitative estimate of drug-likeness (QED) is 0.742. The molecule has 0 amide bonds. The van der Waals surface area contributed by atoms with Crippen molar-refractivity contribution < 1.29 is 8.42 Å². The Bertz CT molecular complexity index is 887. The molecule has 0 atom stereocenters. The number of hydrogen-bond donors (Lipinski definition) is 0. The van der Waals surface area contributed by atoms with Crippen LogP contribution in [0.15, 0.2) is 65.8 Å². The summed E-state index contributed by atoms with van der Waals surface area (Å²) in [7, 11) is -3.45. The maximum Gasteiger partial charge on any atom is 0.186 e. The number of aryl methyl sites for hydroxylation is 1. The van der Waals surface area contributed by atoms with Crippen LogP contribution in [0.1, 0.15) is 11.4 Å². The monoisotopic (exact) mass is 313 g/mol. The van der Waals surface area contributed by atoms with Gasteiger partial charge in [0.25, 0.3) is 0 Å². The van der Waals surface area contributed by atoms with Crippen LogP contribution >= 0.6 is 0 Å². The third-order valence-electron chi connectivity index (χ3n) is 3.31. The molecule has 0 radical (unpaired) electrons. The summed E-state index contributed by atoms with van der Waals surface area (Å²) in [6.07, 6.45) is 1.53. The van der Waals surface area contributed by atoms with Gasteiger partial charge in [-0.15, -0.1) is 0 Å². The van der Waals surface area contributed by atoms with Crippen LogP contribution in [0.5, 0.6) is 0 Å². The number of aromatic nitrogens is 3. The Morgan fingerprint density at radius 2 is 1.68 bits per heavy atom. The standard InChI is InChI=1S/C16H15N3O2S/c1-13-7-5-6-10-15(13)22(20,21)11-16-17-12-19(18-16)14-8-3-2-4-9-14/h2-10,12H,11H2,1H3. The third-order valence-corrected chi connectivity index (χ3v) is 5.07. The van der Waals surface area contributed by atoms with Crippen molar-refractivity contribution in [3.8, 4) is 5.69 Å². The van der Waals surface area contributed by atoms with Gasteiger partial charge in [0.15, 0.2) is 15.7 Å². The first-order valence-electron chi connectivity index (χ1n) is 6.80. The Labute approximate surface area is 129 Å². The lowest BCUT2D eigenvalue weighted by Gasteiger charge is -2.05. The van der Waals surface area contributed by atoms with Crippen LogP contribution < -0.4 is 0 Å². The number of para-hydroxylation sites is 1. The highest BCUT2D eigenvalue weighted by Crippen LogP contribution is 2.18. The summed E-state index contributed by atoms with van der Waals surface area (Å²) in [5.41, 5.74) is 1.57. The summed E-state index contributed by atoms with van der Waals surface area (Å²) < 4.78 is 26.5. The molecule has 3 aromatic rings. The molecule has 1 heterocycles. The van der Waals surface area contributed by atoms with Crippen molar-refractivity contribution in [2.45, 2.75) is 17.6 Å². The predicted molar refractivity (Wildman–Crippen MR) is 83.4 cm³/mol. The summed E-state index contributed by atoms with van der Waals surface area (Å²) in [6, 6.07) is 16.4. The molecule has 1 aromatic heterocycles. The van der Waals surface area contributed by atoms with Crippen molar-refractivity contribution in [3.63, 3.8) is 0 Å². The molecular weight excluding hydrogens is 298 g/mol. The van der Waals surface area contributed by atoms with E-state index in [0.29, 0.717) is 4.90 Å². The molecule has 0 fully saturated rings. The highest BCUT2D eigenvalue weighted by molar-refractivity contribution is 7.90. The van der Waals surface area contributed by atoms with Crippen LogP contribution in [0, 0.1) is 6.92 Å². The van der Waals surface area contributed by atoms with Crippen LogP contribution in [-0.4, -0.2) is 23.2 Å². The molecule has 0 aliphatic heterocycles. The topological polar surface area (TPSA) is 64.8 Å². The Morgan fingerprint density at radius 3 is 2.41 bits per heavy atom. The van der Waals surface area contributed by atoms with E-state index >= 15 is 0 Å². The molecule has 0 spiro atoms. The molecule has 0 bridgehead atoms. The van der Waals surface area contributed by atoms with Gasteiger partial charge in [0.2, 0.25) is 0 Å². The average molecular weight is 313 g/mol. The van der Waals surface area contributed by atoms with Gasteiger partial charge >= 0.3 is 0 Å². The lowest BCUT2D eigenvalue weighted by atomic mass is 10.2. The molecule has 5 nitrogen and oxygen atoms in total. The number of rotatable bonds is 4. The second-order valence-corrected chi connectivity index (χ2v) is 6.92. The van der Waals surface area contributed by atoms with E-state index in [4.69, 9.17) is 0 Å². The Morgan fingerprint density at radius 1 is 1.00 bits per heavy atom. The van der Waals surface area contributed by atoms with Crippen molar-refractivity contribution in [1.82, 2.24) is 14.8 Å². The van der Waals surface area contributed by atoms with Gasteiger partial charge < -0.3 is 0 Å². The van der Waals surface area contributed by atoms with Crippen LogP contribution in [0.3, 0.4) is 0 Å². The van der Waals surface area contributed by atoms with Crippen molar-refractivity contribution in [2.75, 3.05) is 0 Å². The van der Waals surface area contributed by atoms with Gasteiger partial charge in [0.1, 0.15) is 12.1 Å². The number of hydrogen-bond acceptors (Lipinski definition) is 4. The first-order chi connectivity index (χ1) is 10.6. The van der Waals surface area contributed by atoms with E-state index in [1.54, 1.807) is 29.8 Å². The Kier molecular flexibility index (Phi) is 3.77. The molecule has 6 heteroatoms. The zero-order valence-corrected chi connectivity index (χ0v) is 12.9. The minimum atomic E-state index is -3.45. The maximum absolute atomic E-state index is 12.5. The molecular formula is C16H15N3O2S. The van der Waals surface area contributed by atoms with E-state index < -0.39 is 9.84 Å². The minimum absolute atomic E-state index is 0.211. The minimum Gasteiger partial charge on any atom is -0.223 e. The predicted octanol–water partition coefficient (Wildman–Crippen LogP) is 2.55. The summed E-state index contributed by atoms with van der Waals surface area (Å²) in [4.78, 5) is 4.43. The number of sulfone groups is 1. The second-order valence-electron chi connectivity index (χ2n) is 4.97. The van der Waals surface area contributed by atoms with Crippen molar-refractivity contribution >= 4 is 9.84 Å². The summed E-state index contributed by atoms with van der Waals surface area (Å²) in [5, 5.41) is 4.25. The van der Waals surface area contributed by atoms with E-state index in [9.17, 15) is 8.42 Å². The van der Waals surface area contributed by atoms with E-state index in [2.05, 4.69) is 10.1 Å². The molecule has 0 saturated heterocycles. The maximum atomic E-state index is 12.5. The normalized spacial score (nSPS) is 11.5. The molecule has 0 unspecified atom stereocenters. The van der Waals surface area contributed by atoms with Gasteiger partial charge in [0, 0.05) is 0 Å². The van der Waals surface area contributed by atoms with Gasteiger partial charge in [-0.2, -0.15) is 5.10 Å². The fourth-order valence-corrected chi connectivity index (χ4v) is 3.69. The molecule has 112 valence electrons. The molecule has 0 saturated carbocycles. The average Bonchev–Trinajstić information content (AvgIpc) is 2.96.